The Hall–Kier alpha value is -0.160. The number of likely N-dealkylation sites (tertiary alicyclic amines) is 1. The number of hydrogen-bond acceptors (Lipinski definition) is 4. The lowest BCUT2D eigenvalue weighted by Crippen LogP contribution is -2.52. The summed E-state index contributed by atoms with van der Waals surface area (Å²) in [6.45, 7) is 11.0. The van der Waals surface area contributed by atoms with Gasteiger partial charge in [0.25, 0.3) is 0 Å². The molecular weight excluding hydrogens is 240 g/mol. The molecule has 2 saturated heterocycles. The van der Waals surface area contributed by atoms with Gasteiger partial charge in [-0.2, -0.15) is 0 Å². The van der Waals surface area contributed by atoms with E-state index in [1.165, 1.54) is 6.42 Å². The molecule has 2 fully saturated rings. The van der Waals surface area contributed by atoms with Gasteiger partial charge in [-0.05, 0) is 45.7 Å². The normalized spacial score (nSPS) is 36.8. The Bertz CT molecular complexity index is 275. The van der Waals surface area contributed by atoms with Crippen LogP contribution in [0.4, 0.5) is 0 Å². The zero-order valence-electron chi connectivity index (χ0n) is 12.6. The van der Waals surface area contributed by atoms with Crippen molar-refractivity contribution in [2.24, 2.45) is 5.41 Å². The smallest absolute Gasteiger partial charge is 0.0746 e. The number of aliphatic hydroxyl groups is 1. The summed E-state index contributed by atoms with van der Waals surface area (Å²) in [6, 6.07) is 0. The summed E-state index contributed by atoms with van der Waals surface area (Å²) >= 11 is 0. The molecule has 0 aromatic heterocycles. The van der Waals surface area contributed by atoms with Gasteiger partial charge in [0, 0.05) is 31.7 Å². The molecule has 0 aromatic rings. The molecule has 2 aliphatic rings. The highest BCUT2D eigenvalue weighted by molar-refractivity contribution is 4.92. The molecule has 2 unspecified atom stereocenters. The van der Waals surface area contributed by atoms with Crippen molar-refractivity contribution in [3.05, 3.63) is 0 Å². The monoisotopic (exact) mass is 270 g/mol. The highest BCUT2D eigenvalue weighted by Crippen LogP contribution is 2.31. The summed E-state index contributed by atoms with van der Waals surface area (Å²) < 4.78 is 5.66. The van der Waals surface area contributed by atoms with Gasteiger partial charge in [-0.25, -0.2) is 0 Å². The summed E-state index contributed by atoms with van der Waals surface area (Å²) in [4.78, 5) is 2.44. The van der Waals surface area contributed by atoms with Crippen molar-refractivity contribution in [1.82, 2.24) is 10.2 Å². The zero-order chi connectivity index (χ0) is 13.8. The number of β-amino-alcohol motifs (C(OH)–C–C–N with tert-alkyl or cyclic N) is 1. The Morgan fingerprint density at radius 3 is 2.84 bits per heavy atom. The van der Waals surface area contributed by atoms with Gasteiger partial charge in [0.15, 0.2) is 0 Å². The molecule has 2 atom stereocenters. The van der Waals surface area contributed by atoms with Crippen LogP contribution in [0.5, 0.6) is 0 Å². The molecule has 19 heavy (non-hydrogen) atoms. The molecule has 0 aliphatic carbocycles. The Kier molecular flexibility index (Phi) is 5.23. The van der Waals surface area contributed by atoms with Gasteiger partial charge in [0.2, 0.25) is 0 Å². The fourth-order valence-electron chi connectivity index (χ4n) is 3.43. The average Bonchev–Trinajstić information content (AvgIpc) is 2.77. The highest BCUT2D eigenvalue weighted by atomic mass is 16.5. The van der Waals surface area contributed by atoms with Crippen molar-refractivity contribution in [1.29, 1.82) is 0 Å². The molecule has 4 nitrogen and oxygen atoms in total. The molecule has 0 saturated carbocycles. The second-order valence-corrected chi connectivity index (χ2v) is 6.79. The lowest BCUT2D eigenvalue weighted by Gasteiger charge is -2.41. The summed E-state index contributed by atoms with van der Waals surface area (Å²) in [5, 5.41) is 13.8. The van der Waals surface area contributed by atoms with Crippen LogP contribution < -0.4 is 5.32 Å². The van der Waals surface area contributed by atoms with Crippen LogP contribution >= 0.6 is 0 Å². The topological polar surface area (TPSA) is 44.7 Å². The first-order chi connectivity index (χ1) is 9.05. The van der Waals surface area contributed by atoms with Crippen LogP contribution in [0.1, 0.15) is 39.5 Å². The first-order valence-corrected chi connectivity index (χ1v) is 7.79. The summed E-state index contributed by atoms with van der Waals surface area (Å²) in [6.07, 6.45) is 4.35. The van der Waals surface area contributed by atoms with Gasteiger partial charge in [-0.3, -0.25) is 4.90 Å². The van der Waals surface area contributed by atoms with E-state index >= 15 is 0 Å². The van der Waals surface area contributed by atoms with Gasteiger partial charge >= 0.3 is 0 Å². The van der Waals surface area contributed by atoms with Crippen LogP contribution in [0.2, 0.25) is 0 Å². The number of piperidine rings is 1. The minimum atomic E-state index is -0.504. The van der Waals surface area contributed by atoms with E-state index in [0.717, 1.165) is 65.2 Å². The zero-order valence-corrected chi connectivity index (χ0v) is 12.6. The number of rotatable bonds is 6. The molecule has 0 aromatic carbocycles. The van der Waals surface area contributed by atoms with E-state index in [4.69, 9.17) is 4.74 Å². The van der Waals surface area contributed by atoms with Crippen molar-refractivity contribution >= 4 is 0 Å². The van der Waals surface area contributed by atoms with Gasteiger partial charge in [0.05, 0.1) is 12.2 Å². The quantitative estimate of drug-likeness (QED) is 0.713. The number of ether oxygens (including phenoxy) is 1. The molecule has 0 spiro atoms. The fraction of sp³-hybridized carbons (Fsp3) is 1.00. The average molecular weight is 270 g/mol. The number of nitrogens with zero attached hydrogens (tertiary/aromatic N) is 1. The summed E-state index contributed by atoms with van der Waals surface area (Å²) in [5.41, 5.74) is -0.252. The van der Waals surface area contributed by atoms with Crippen molar-refractivity contribution < 1.29 is 9.84 Å². The molecule has 2 aliphatic heterocycles. The first kappa shape index (κ1) is 15.2. The molecule has 2 N–H and O–H groups in total. The Morgan fingerprint density at radius 1 is 1.37 bits per heavy atom. The van der Waals surface area contributed by atoms with Gasteiger partial charge in [-0.1, -0.05) is 6.92 Å². The molecule has 0 amide bonds. The van der Waals surface area contributed by atoms with E-state index in [0.29, 0.717) is 0 Å². The maximum absolute atomic E-state index is 10.2. The van der Waals surface area contributed by atoms with Crippen LogP contribution in [0.3, 0.4) is 0 Å². The first-order valence-electron chi connectivity index (χ1n) is 7.79. The lowest BCUT2D eigenvalue weighted by molar-refractivity contribution is -0.0295. The Balaban J connectivity index is 1.89. The molecule has 0 radical (unpaired) electrons. The highest BCUT2D eigenvalue weighted by Gasteiger charge is 2.38. The van der Waals surface area contributed by atoms with Crippen molar-refractivity contribution in [2.75, 3.05) is 45.9 Å². The van der Waals surface area contributed by atoms with Crippen molar-refractivity contribution in [2.45, 2.75) is 45.1 Å². The third kappa shape index (κ3) is 4.42. The molecule has 2 rings (SSSR count). The van der Waals surface area contributed by atoms with Crippen LogP contribution in [-0.2, 0) is 4.74 Å². The third-order valence-electron chi connectivity index (χ3n) is 4.42. The van der Waals surface area contributed by atoms with Crippen LogP contribution in [-0.4, -0.2) is 61.5 Å². The largest absolute Gasteiger partial charge is 0.389 e. The van der Waals surface area contributed by atoms with E-state index in [9.17, 15) is 5.11 Å². The van der Waals surface area contributed by atoms with E-state index in [1.807, 2.05) is 6.92 Å². The summed E-state index contributed by atoms with van der Waals surface area (Å²) in [7, 11) is 0. The molecule has 2 heterocycles. The van der Waals surface area contributed by atoms with E-state index in [-0.39, 0.29) is 5.41 Å². The summed E-state index contributed by atoms with van der Waals surface area (Å²) in [5.74, 6) is 0. The van der Waals surface area contributed by atoms with Crippen LogP contribution in [0.15, 0.2) is 0 Å². The Morgan fingerprint density at radius 2 is 2.21 bits per heavy atom. The predicted molar refractivity (Wildman–Crippen MR) is 77.3 cm³/mol. The molecule has 0 bridgehead atoms. The minimum absolute atomic E-state index is 0.253. The van der Waals surface area contributed by atoms with Crippen molar-refractivity contribution in [3.8, 4) is 0 Å². The van der Waals surface area contributed by atoms with Crippen LogP contribution in [0.25, 0.3) is 0 Å². The van der Waals surface area contributed by atoms with E-state index in [2.05, 4.69) is 17.1 Å². The third-order valence-corrected chi connectivity index (χ3v) is 4.42. The molecular formula is C15H30N2O2. The van der Waals surface area contributed by atoms with E-state index in [1.54, 1.807) is 0 Å². The minimum Gasteiger partial charge on any atom is -0.389 e. The van der Waals surface area contributed by atoms with Crippen LogP contribution in [0, 0.1) is 5.41 Å². The number of hydrogen-bond donors (Lipinski definition) is 2. The Labute approximate surface area is 117 Å². The van der Waals surface area contributed by atoms with Gasteiger partial charge in [0.1, 0.15) is 0 Å². The lowest BCUT2D eigenvalue weighted by atomic mass is 9.84. The SMILES string of the molecule is CCCNCC1(CN2CCCC(C)(O)C2)CCOC1. The molecule has 4 heteroatoms. The van der Waals surface area contributed by atoms with Crippen molar-refractivity contribution in [3.63, 3.8) is 0 Å². The fourth-order valence-corrected chi connectivity index (χ4v) is 3.43. The standard InChI is InChI=1S/C15H30N2O2/c1-3-7-16-10-15(6-9-19-13-15)12-17-8-4-5-14(2,18)11-17/h16,18H,3-13H2,1-2H3. The second-order valence-electron chi connectivity index (χ2n) is 6.79. The second kappa shape index (κ2) is 6.53. The van der Waals surface area contributed by atoms with Gasteiger partial charge in [-0.15, -0.1) is 0 Å². The van der Waals surface area contributed by atoms with Gasteiger partial charge < -0.3 is 15.2 Å². The maximum atomic E-state index is 10.2. The number of nitrogens with one attached hydrogen (secondary N) is 1. The molecule has 112 valence electrons. The predicted octanol–water partition coefficient (Wildman–Crippen LogP) is 1.24. The maximum Gasteiger partial charge on any atom is 0.0746 e. The van der Waals surface area contributed by atoms with E-state index < -0.39 is 5.60 Å².